The summed E-state index contributed by atoms with van der Waals surface area (Å²) in [5, 5.41) is 2.80. The minimum absolute atomic E-state index is 0.303. The van der Waals surface area contributed by atoms with Gasteiger partial charge in [0.05, 0.1) is 5.25 Å². The zero-order chi connectivity index (χ0) is 10.1. The molecule has 1 saturated heterocycles. The van der Waals surface area contributed by atoms with Crippen molar-refractivity contribution in [1.29, 1.82) is 0 Å². The van der Waals surface area contributed by atoms with Gasteiger partial charge in [0, 0.05) is 19.1 Å². The number of nitrogens with zero attached hydrogens (tertiary/aromatic N) is 1. The summed E-state index contributed by atoms with van der Waals surface area (Å²) >= 11 is 0. The van der Waals surface area contributed by atoms with Crippen molar-refractivity contribution in [2.45, 2.75) is 31.6 Å². The van der Waals surface area contributed by atoms with Crippen LogP contribution in [0, 0.1) is 0 Å². The highest BCUT2D eigenvalue weighted by Gasteiger charge is 2.32. The minimum atomic E-state index is -3.03. The van der Waals surface area contributed by atoms with Gasteiger partial charge in [-0.25, -0.2) is 12.7 Å². The highest BCUT2D eigenvalue weighted by Crippen LogP contribution is 2.16. The van der Waals surface area contributed by atoms with Crippen LogP contribution in [-0.2, 0) is 10.0 Å². The molecule has 0 spiro atoms. The number of hydrogen-bond acceptors (Lipinski definition) is 3. The zero-order valence-electron chi connectivity index (χ0n) is 8.45. The maximum absolute atomic E-state index is 11.7. The summed E-state index contributed by atoms with van der Waals surface area (Å²) in [6, 6.07) is 0.327. The van der Waals surface area contributed by atoms with Crippen LogP contribution in [0.25, 0.3) is 0 Å². The molecule has 78 valence electrons. The molecule has 1 aliphatic rings. The van der Waals surface area contributed by atoms with Gasteiger partial charge in [-0.05, 0) is 27.3 Å². The molecule has 1 fully saturated rings. The van der Waals surface area contributed by atoms with Crippen LogP contribution in [0.2, 0.25) is 0 Å². The normalized spacial score (nSPS) is 25.7. The summed E-state index contributed by atoms with van der Waals surface area (Å²) in [6.45, 7) is 4.73. The third-order valence-electron chi connectivity index (χ3n) is 2.51. The molecule has 0 aromatic carbocycles. The van der Waals surface area contributed by atoms with E-state index >= 15 is 0 Å². The molecule has 0 aromatic heterocycles. The first-order chi connectivity index (χ1) is 5.98. The Morgan fingerprint density at radius 3 is 2.46 bits per heavy atom. The van der Waals surface area contributed by atoms with Crippen molar-refractivity contribution in [2.75, 3.05) is 20.1 Å². The fourth-order valence-electron chi connectivity index (χ4n) is 1.49. The van der Waals surface area contributed by atoms with Gasteiger partial charge < -0.3 is 5.32 Å². The second kappa shape index (κ2) is 3.94. The van der Waals surface area contributed by atoms with Crippen molar-refractivity contribution in [2.24, 2.45) is 0 Å². The number of hydrogen-bond donors (Lipinski definition) is 1. The molecule has 0 saturated carbocycles. The number of nitrogens with one attached hydrogen (secondary N) is 1. The Bertz CT molecular complexity index is 261. The van der Waals surface area contributed by atoms with E-state index in [-0.39, 0.29) is 5.25 Å². The fraction of sp³-hybridized carbons (Fsp3) is 1.00. The molecule has 1 aliphatic heterocycles. The van der Waals surface area contributed by atoms with Crippen molar-refractivity contribution in [3.8, 4) is 0 Å². The van der Waals surface area contributed by atoms with E-state index in [0.29, 0.717) is 19.1 Å². The molecule has 1 heterocycles. The third kappa shape index (κ3) is 2.21. The van der Waals surface area contributed by atoms with E-state index in [1.807, 2.05) is 7.05 Å². The second-order valence-corrected chi connectivity index (χ2v) is 6.22. The number of sulfonamides is 1. The van der Waals surface area contributed by atoms with Crippen molar-refractivity contribution in [3.05, 3.63) is 0 Å². The summed E-state index contributed by atoms with van der Waals surface area (Å²) in [4.78, 5) is 0. The average Bonchev–Trinajstić information content (AvgIpc) is 2.51. The topological polar surface area (TPSA) is 49.4 Å². The van der Waals surface area contributed by atoms with E-state index < -0.39 is 10.0 Å². The molecular weight excluding hydrogens is 188 g/mol. The SMILES string of the molecule is CN[C@@H]1CCN(S(=O)(=O)C(C)C)C1. The van der Waals surface area contributed by atoms with Gasteiger partial charge in [0.1, 0.15) is 0 Å². The lowest BCUT2D eigenvalue weighted by Crippen LogP contribution is -2.37. The molecule has 0 bridgehead atoms. The summed E-state index contributed by atoms with van der Waals surface area (Å²) in [5.41, 5.74) is 0. The third-order valence-corrected chi connectivity index (χ3v) is 4.76. The van der Waals surface area contributed by atoms with Crippen LogP contribution >= 0.6 is 0 Å². The van der Waals surface area contributed by atoms with Crippen LogP contribution in [0.3, 0.4) is 0 Å². The summed E-state index contributed by atoms with van der Waals surface area (Å²) in [5.74, 6) is 0. The Kier molecular flexibility index (Phi) is 3.32. The highest BCUT2D eigenvalue weighted by atomic mass is 32.2. The smallest absolute Gasteiger partial charge is 0.216 e. The van der Waals surface area contributed by atoms with Crippen molar-refractivity contribution in [3.63, 3.8) is 0 Å². The first kappa shape index (κ1) is 10.9. The zero-order valence-corrected chi connectivity index (χ0v) is 9.26. The summed E-state index contributed by atoms with van der Waals surface area (Å²) in [6.07, 6.45) is 0.919. The van der Waals surface area contributed by atoms with Crippen molar-refractivity contribution < 1.29 is 8.42 Å². The second-order valence-electron chi connectivity index (χ2n) is 3.73. The standard InChI is InChI=1S/C8H18N2O2S/c1-7(2)13(11,12)10-5-4-8(6-10)9-3/h7-9H,4-6H2,1-3H3/t8-/m1/s1. The van der Waals surface area contributed by atoms with E-state index in [1.165, 1.54) is 0 Å². The van der Waals surface area contributed by atoms with Gasteiger partial charge in [0.15, 0.2) is 0 Å². The van der Waals surface area contributed by atoms with Gasteiger partial charge in [-0.15, -0.1) is 0 Å². The lowest BCUT2D eigenvalue weighted by atomic mass is 10.3. The van der Waals surface area contributed by atoms with Gasteiger partial charge in [0.2, 0.25) is 10.0 Å². The first-order valence-electron chi connectivity index (χ1n) is 4.64. The number of rotatable bonds is 3. The maximum atomic E-state index is 11.7. The Hall–Kier alpha value is -0.130. The van der Waals surface area contributed by atoms with Crippen LogP contribution in [0.15, 0.2) is 0 Å². The van der Waals surface area contributed by atoms with Crippen molar-refractivity contribution in [1.82, 2.24) is 9.62 Å². The molecule has 1 rings (SSSR count). The predicted molar refractivity (Wildman–Crippen MR) is 53.1 cm³/mol. The molecule has 0 radical (unpaired) electrons. The van der Waals surface area contributed by atoms with Gasteiger partial charge in [0.25, 0.3) is 0 Å². The van der Waals surface area contributed by atoms with Gasteiger partial charge in [-0.1, -0.05) is 0 Å². The lowest BCUT2D eigenvalue weighted by molar-refractivity contribution is 0.458. The molecular formula is C8H18N2O2S. The Balaban J connectivity index is 2.66. The molecule has 1 atom stereocenters. The fourth-order valence-corrected chi connectivity index (χ4v) is 2.84. The monoisotopic (exact) mass is 206 g/mol. The molecule has 1 N–H and O–H groups in total. The van der Waals surface area contributed by atoms with E-state index in [4.69, 9.17) is 0 Å². The van der Waals surface area contributed by atoms with Crippen LogP contribution < -0.4 is 5.32 Å². The van der Waals surface area contributed by atoms with E-state index in [1.54, 1.807) is 18.2 Å². The summed E-state index contributed by atoms with van der Waals surface area (Å²) < 4.78 is 25.0. The molecule has 0 aliphatic carbocycles. The molecule has 13 heavy (non-hydrogen) atoms. The highest BCUT2D eigenvalue weighted by molar-refractivity contribution is 7.89. The van der Waals surface area contributed by atoms with Gasteiger partial charge >= 0.3 is 0 Å². The molecule has 0 aromatic rings. The van der Waals surface area contributed by atoms with E-state index in [0.717, 1.165) is 6.42 Å². The average molecular weight is 206 g/mol. The Morgan fingerprint density at radius 2 is 2.08 bits per heavy atom. The maximum Gasteiger partial charge on any atom is 0.216 e. The van der Waals surface area contributed by atoms with Crippen LogP contribution in [-0.4, -0.2) is 44.2 Å². The van der Waals surface area contributed by atoms with Crippen LogP contribution in [0.5, 0.6) is 0 Å². The quantitative estimate of drug-likeness (QED) is 0.708. The van der Waals surface area contributed by atoms with E-state index in [9.17, 15) is 8.42 Å². The molecule has 5 heteroatoms. The van der Waals surface area contributed by atoms with Gasteiger partial charge in [-0.3, -0.25) is 0 Å². The lowest BCUT2D eigenvalue weighted by Gasteiger charge is -2.18. The molecule has 0 unspecified atom stereocenters. The molecule has 4 nitrogen and oxygen atoms in total. The number of likely N-dealkylation sites (N-methyl/N-ethyl adjacent to an activating group) is 1. The van der Waals surface area contributed by atoms with Crippen LogP contribution in [0.1, 0.15) is 20.3 Å². The molecule has 0 amide bonds. The largest absolute Gasteiger partial charge is 0.316 e. The predicted octanol–water partition coefficient (Wildman–Crippen LogP) is 0.0183. The van der Waals surface area contributed by atoms with E-state index in [2.05, 4.69) is 5.32 Å². The summed E-state index contributed by atoms with van der Waals surface area (Å²) in [7, 11) is -1.16. The van der Waals surface area contributed by atoms with Crippen LogP contribution in [0.4, 0.5) is 0 Å². The van der Waals surface area contributed by atoms with Gasteiger partial charge in [-0.2, -0.15) is 0 Å². The van der Waals surface area contributed by atoms with Crippen molar-refractivity contribution >= 4 is 10.0 Å². The Morgan fingerprint density at radius 1 is 1.46 bits per heavy atom. The minimum Gasteiger partial charge on any atom is -0.316 e. The Labute approximate surface area is 80.4 Å². The first-order valence-corrected chi connectivity index (χ1v) is 6.15.